The Balaban J connectivity index is 2.26. The number of halogens is 1. The number of nitrogens with zero attached hydrogens (tertiary/aromatic N) is 1. The molecule has 1 unspecified atom stereocenters. The number of hydrogen-bond donors (Lipinski definition) is 1. The summed E-state index contributed by atoms with van der Waals surface area (Å²) in [6, 6.07) is 5.46. The van der Waals surface area contributed by atoms with Crippen molar-refractivity contribution >= 4 is 26.0 Å². The number of hydrogen-bond acceptors (Lipinski definition) is 3. The molecule has 21 heavy (non-hydrogen) atoms. The maximum Gasteiger partial charge on any atom is 0.244 e. The summed E-state index contributed by atoms with van der Waals surface area (Å²) in [5, 5.41) is 3.07. The van der Waals surface area contributed by atoms with E-state index in [1.807, 2.05) is 19.2 Å². The smallest absolute Gasteiger partial charge is 0.244 e. The van der Waals surface area contributed by atoms with Crippen LogP contribution in [0.25, 0.3) is 0 Å². The monoisotopic (exact) mass is 374 g/mol. The molecular weight excluding hydrogens is 352 g/mol. The van der Waals surface area contributed by atoms with Crippen LogP contribution in [0.2, 0.25) is 0 Å². The summed E-state index contributed by atoms with van der Waals surface area (Å²) in [4.78, 5) is 0.374. The van der Waals surface area contributed by atoms with E-state index in [9.17, 15) is 8.42 Å². The molecular formula is C15H23BrN2O2S. The van der Waals surface area contributed by atoms with Crippen LogP contribution in [0.3, 0.4) is 0 Å². The van der Waals surface area contributed by atoms with Crippen molar-refractivity contribution in [3.8, 4) is 0 Å². The molecule has 6 heteroatoms. The SMILES string of the molecule is CCC1CCCN(S(=O)(=O)c2ccc(CNC)cc2Br)C1. The standard InChI is InChI=1S/C15H23BrN2O2S/c1-3-12-5-4-8-18(11-12)21(19,20)15-7-6-13(10-17-2)9-14(15)16/h6-7,9,12,17H,3-5,8,10-11H2,1-2H3. The zero-order valence-electron chi connectivity index (χ0n) is 12.6. The van der Waals surface area contributed by atoms with E-state index < -0.39 is 10.0 Å². The van der Waals surface area contributed by atoms with Crippen molar-refractivity contribution in [2.45, 2.75) is 37.6 Å². The van der Waals surface area contributed by atoms with Gasteiger partial charge in [-0.25, -0.2) is 8.42 Å². The topological polar surface area (TPSA) is 49.4 Å². The van der Waals surface area contributed by atoms with E-state index in [-0.39, 0.29) is 0 Å². The zero-order chi connectivity index (χ0) is 15.5. The van der Waals surface area contributed by atoms with E-state index in [4.69, 9.17) is 0 Å². The van der Waals surface area contributed by atoms with Gasteiger partial charge in [-0.1, -0.05) is 19.4 Å². The van der Waals surface area contributed by atoms with Crippen LogP contribution in [0, 0.1) is 5.92 Å². The Morgan fingerprint density at radius 3 is 2.81 bits per heavy atom. The Morgan fingerprint density at radius 2 is 2.19 bits per heavy atom. The largest absolute Gasteiger partial charge is 0.316 e. The first kappa shape index (κ1) is 16.9. The van der Waals surface area contributed by atoms with Crippen molar-refractivity contribution in [3.05, 3.63) is 28.2 Å². The molecule has 1 atom stereocenters. The molecule has 1 heterocycles. The normalized spacial score (nSPS) is 20.6. The Bertz CT molecular complexity index is 589. The van der Waals surface area contributed by atoms with Gasteiger partial charge in [-0.2, -0.15) is 4.31 Å². The molecule has 1 aromatic carbocycles. The van der Waals surface area contributed by atoms with Crippen LogP contribution >= 0.6 is 15.9 Å². The van der Waals surface area contributed by atoms with E-state index in [0.29, 0.717) is 28.4 Å². The molecule has 0 saturated carbocycles. The molecule has 0 aromatic heterocycles. The molecule has 1 aliphatic rings. The number of rotatable bonds is 5. The molecule has 1 aliphatic heterocycles. The van der Waals surface area contributed by atoms with E-state index in [0.717, 1.165) is 31.4 Å². The summed E-state index contributed by atoms with van der Waals surface area (Å²) in [5.41, 5.74) is 1.06. The van der Waals surface area contributed by atoms with Crippen LogP contribution in [-0.2, 0) is 16.6 Å². The molecule has 0 bridgehead atoms. The Morgan fingerprint density at radius 1 is 1.43 bits per heavy atom. The first-order chi connectivity index (χ1) is 9.98. The van der Waals surface area contributed by atoms with Crippen LogP contribution in [0.4, 0.5) is 0 Å². The van der Waals surface area contributed by atoms with Crippen molar-refractivity contribution in [2.24, 2.45) is 5.92 Å². The minimum Gasteiger partial charge on any atom is -0.316 e. The van der Waals surface area contributed by atoms with Gasteiger partial charge in [-0.15, -0.1) is 0 Å². The molecule has 118 valence electrons. The number of sulfonamides is 1. The maximum absolute atomic E-state index is 12.8. The van der Waals surface area contributed by atoms with Gasteiger partial charge in [0.1, 0.15) is 0 Å². The minimum absolute atomic E-state index is 0.374. The number of benzene rings is 1. The quantitative estimate of drug-likeness (QED) is 0.861. The highest BCUT2D eigenvalue weighted by Crippen LogP contribution is 2.30. The second kappa shape index (κ2) is 7.22. The van der Waals surface area contributed by atoms with Gasteiger partial charge in [0.05, 0.1) is 4.90 Å². The molecule has 2 rings (SSSR count). The Hall–Kier alpha value is -0.430. The fourth-order valence-corrected chi connectivity index (χ4v) is 5.43. The first-order valence-electron chi connectivity index (χ1n) is 7.42. The van der Waals surface area contributed by atoms with E-state index in [1.54, 1.807) is 10.4 Å². The molecule has 0 amide bonds. The molecule has 1 fully saturated rings. The maximum atomic E-state index is 12.8. The molecule has 0 radical (unpaired) electrons. The first-order valence-corrected chi connectivity index (χ1v) is 9.65. The average molecular weight is 375 g/mol. The second-order valence-electron chi connectivity index (χ2n) is 5.57. The van der Waals surface area contributed by atoms with Crippen LogP contribution in [0.15, 0.2) is 27.6 Å². The van der Waals surface area contributed by atoms with Crippen molar-refractivity contribution in [2.75, 3.05) is 20.1 Å². The Kier molecular flexibility index (Phi) is 5.82. The lowest BCUT2D eigenvalue weighted by atomic mass is 9.97. The van der Waals surface area contributed by atoms with Crippen molar-refractivity contribution in [1.82, 2.24) is 9.62 Å². The lowest BCUT2D eigenvalue weighted by Crippen LogP contribution is -2.39. The third-order valence-corrected chi connectivity index (χ3v) is 6.90. The summed E-state index contributed by atoms with van der Waals surface area (Å²) >= 11 is 3.42. The van der Waals surface area contributed by atoms with Crippen LogP contribution < -0.4 is 5.32 Å². The third-order valence-electron chi connectivity index (χ3n) is 4.05. The van der Waals surface area contributed by atoms with E-state index in [2.05, 4.69) is 28.2 Å². The molecule has 0 spiro atoms. The summed E-state index contributed by atoms with van der Waals surface area (Å²) in [6.07, 6.45) is 3.12. The van der Waals surface area contributed by atoms with Gasteiger partial charge in [-0.05, 0) is 59.4 Å². The average Bonchev–Trinajstić information content (AvgIpc) is 2.47. The van der Waals surface area contributed by atoms with Gasteiger partial charge in [-0.3, -0.25) is 0 Å². The number of nitrogens with one attached hydrogen (secondary N) is 1. The zero-order valence-corrected chi connectivity index (χ0v) is 15.0. The van der Waals surface area contributed by atoms with Gasteiger partial charge in [0.2, 0.25) is 10.0 Å². The highest BCUT2D eigenvalue weighted by molar-refractivity contribution is 9.10. The van der Waals surface area contributed by atoms with Gasteiger partial charge >= 0.3 is 0 Å². The van der Waals surface area contributed by atoms with Crippen molar-refractivity contribution in [1.29, 1.82) is 0 Å². The second-order valence-corrected chi connectivity index (χ2v) is 8.34. The number of piperidine rings is 1. The fraction of sp³-hybridized carbons (Fsp3) is 0.600. The molecule has 0 aliphatic carbocycles. The molecule has 1 aromatic rings. The molecule has 1 N–H and O–H groups in total. The van der Waals surface area contributed by atoms with Gasteiger partial charge in [0.25, 0.3) is 0 Å². The highest BCUT2D eigenvalue weighted by atomic mass is 79.9. The summed E-state index contributed by atoms with van der Waals surface area (Å²) < 4.78 is 27.9. The fourth-order valence-electron chi connectivity index (χ4n) is 2.79. The minimum atomic E-state index is -3.40. The van der Waals surface area contributed by atoms with Crippen LogP contribution in [0.1, 0.15) is 31.7 Å². The van der Waals surface area contributed by atoms with Crippen LogP contribution in [0.5, 0.6) is 0 Å². The van der Waals surface area contributed by atoms with Gasteiger partial charge in [0, 0.05) is 24.1 Å². The van der Waals surface area contributed by atoms with E-state index in [1.165, 1.54) is 0 Å². The van der Waals surface area contributed by atoms with Gasteiger partial charge < -0.3 is 5.32 Å². The third kappa shape index (κ3) is 3.86. The van der Waals surface area contributed by atoms with Crippen LogP contribution in [-0.4, -0.2) is 32.9 Å². The molecule has 1 saturated heterocycles. The Labute approximate surface area is 136 Å². The van der Waals surface area contributed by atoms with Crippen molar-refractivity contribution < 1.29 is 8.42 Å². The predicted molar refractivity (Wildman–Crippen MR) is 88.7 cm³/mol. The lowest BCUT2D eigenvalue weighted by molar-refractivity contribution is 0.261. The van der Waals surface area contributed by atoms with E-state index >= 15 is 0 Å². The highest BCUT2D eigenvalue weighted by Gasteiger charge is 2.30. The predicted octanol–water partition coefficient (Wildman–Crippen LogP) is 2.98. The van der Waals surface area contributed by atoms with Crippen molar-refractivity contribution in [3.63, 3.8) is 0 Å². The summed E-state index contributed by atoms with van der Waals surface area (Å²) in [6.45, 7) is 4.12. The molecule has 4 nitrogen and oxygen atoms in total. The lowest BCUT2D eigenvalue weighted by Gasteiger charge is -2.31. The summed E-state index contributed by atoms with van der Waals surface area (Å²) in [5.74, 6) is 0.482. The van der Waals surface area contributed by atoms with Gasteiger partial charge in [0.15, 0.2) is 0 Å². The summed E-state index contributed by atoms with van der Waals surface area (Å²) in [7, 11) is -1.53.